The molecule has 2 amide bonds. The number of carbonyl (C=O) groups is 7. The average molecular weight is 844 g/mol. The lowest BCUT2D eigenvalue weighted by Gasteiger charge is -2.43. The van der Waals surface area contributed by atoms with Crippen molar-refractivity contribution in [3.05, 3.63) is 47.8 Å². The minimum absolute atomic E-state index is 0.0306. The molecule has 328 valence electrons. The second kappa shape index (κ2) is 20.1. The molecule has 1 aromatic heterocycles. The maximum absolute atomic E-state index is 14.4. The highest BCUT2D eigenvalue weighted by molar-refractivity contribution is 5.91. The highest BCUT2D eigenvalue weighted by Crippen LogP contribution is 2.36. The Morgan fingerprint density at radius 2 is 1.47 bits per heavy atom. The largest absolute Gasteiger partial charge is 0.463 e. The molecule has 4 heterocycles. The first-order valence-corrected chi connectivity index (χ1v) is 19.7. The Morgan fingerprint density at radius 3 is 2.12 bits per heavy atom. The number of nitrogens with one attached hydrogen (secondary N) is 1. The minimum atomic E-state index is -1.45. The number of amides is 2. The van der Waals surface area contributed by atoms with Gasteiger partial charge in [-0.1, -0.05) is 35.5 Å². The van der Waals surface area contributed by atoms with Gasteiger partial charge < -0.3 is 48.1 Å². The zero-order chi connectivity index (χ0) is 43.7. The van der Waals surface area contributed by atoms with Crippen LogP contribution in [0.3, 0.4) is 0 Å². The van der Waals surface area contributed by atoms with Crippen LogP contribution in [-0.4, -0.2) is 123 Å². The highest BCUT2D eigenvalue weighted by Gasteiger charge is 2.53. The van der Waals surface area contributed by atoms with Crippen LogP contribution in [0.25, 0.3) is 0 Å². The summed E-state index contributed by atoms with van der Waals surface area (Å²) >= 11 is 0. The molecule has 3 saturated heterocycles. The van der Waals surface area contributed by atoms with E-state index in [1.165, 1.54) is 4.68 Å². The zero-order valence-electron chi connectivity index (χ0n) is 34.7. The van der Waals surface area contributed by atoms with E-state index in [1.807, 2.05) is 18.2 Å². The van der Waals surface area contributed by atoms with E-state index in [0.717, 1.165) is 33.3 Å². The number of benzene rings is 1. The molecule has 3 unspecified atom stereocenters. The van der Waals surface area contributed by atoms with Gasteiger partial charge in [0.05, 0.1) is 12.8 Å². The summed E-state index contributed by atoms with van der Waals surface area (Å²) < 4.78 is 46.1. The normalized spacial score (nSPS) is 26.5. The molecule has 2 aromatic rings. The zero-order valence-corrected chi connectivity index (χ0v) is 34.7. The molecular formula is C40H53N5O15. The molecule has 0 bridgehead atoms. The Labute approximate surface area is 346 Å². The van der Waals surface area contributed by atoms with Crippen molar-refractivity contribution in [1.29, 1.82) is 0 Å². The van der Waals surface area contributed by atoms with Crippen LogP contribution in [-0.2, 0) is 86.4 Å². The molecule has 0 radical (unpaired) electrons. The number of fused-ring (bicyclic) bond motifs is 1. The van der Waals surface area contributed by atoms with Gasteiger partial charge in [0.25, 0.3) is 0 Å². The van der Waals surface area contributed by atoms with E-state index in [0.29, 0.717) is 25.7 Å². The van der Waals surface area contributed by atoms with Gasteiger partial charge in [-0.25, -0.2) is 9.59 Å². The minimum Gasteiger partial charge on any atom is -0.463 e. The van der Waals surface area contributed by atoms with E-state index in [9.17, 15) is 33.6 Å². The molecule has 3 aliphatic rings. The van der Waals surface area contributed by atoms with Gasteiger partial charge in [-0.15, -0.1) is 5.10 Å². The Hall–Kier alpha value is -5.63. The summed E-state index contributed by atoms with van der Waals surface area (Å²) in [5.41, 5.74) is 0.245. The van der Waals surface area contributed by atoms with Crippen LogP contribution in [0.1, 0.15) is 85.4 Å². The number of rotatable bonds is 14. The van der Waals surface area contributed by atoms with Gasteiger partial charge in [0.1, 0.15) is 42.7 Å². The number of carbonyl (C=O) groups excluding carboxylic acids is 7. The second-order valence-corrected chi connectivity index (χ2v) is 15.9. The second-order valence-electron chi connectivity index (χ2n) is 15.9. The Morgan fingerprint density at radius 1 is 0.817 bits per heavy atom. The Kier molecular flexibility index (Phi) is 15.2. The van der Waals surface area contributed by atoms with Crippen LogP contribution >= 0.6 is 0 Å². The van der Waals surface area contributed by atoms with Crippen LogP contribution in [0.5, 0.6) is 0 Å². The van der Waals surface area contributed by atoms with Crippen LogP contribution in [0, 0.1) is 5.92 Å². The Bertz CT molecular complexity index is 1870. The van der Waals surface area contributed by atoms with Gasteiger partial charge >= 0.3 is 35.9 Å². The SMILES string of the molecule is CC(=O)OC[C@H]1O[C@@H](OCc2cn(CC3CCC4CC[C@@H](C(=O)OC(C)(C)C)N4C(=O)C3NC(=O)OCc3ccccc3)nn2)[C@H](OC(C)=O)[C@@H](OC(C)=O)[C@@H]1OC(C)=O. The third kappa shape index (κ3) is 12.4. The summed E-state index contributed by atoms with van der Waals surface area (Å²) in [6.45, 7) is 9.13. The number of hydrogen-bond donors (Lipinski definition) is 1. The summed E-state index contributed by atoms with van der Waals surface area (Å²) in [7, 11) is 0. The summed E-state index contributed by atoms with van der Waals surface area (Å²) in [5.74, 6) is -4.50. The molecule has 0 saturated carbocycles. The molecule has 20 heteroatoms. The molecule has 9 atom stereocenters. The summed E-state index contributed by atoms with van der Waals surface area (Å²) in [6.07, 6.45) is -4.13. The molecule has 0 spiro atoms. The van der Waals surface area contributed by atoms with E-state index in [4.69, 9.17) is 37.9 Å². The van der Waals surface area contributed by atoms with E-state index < -0.39 is 103 Å². The Balaban J connectivity index is 1.34. The third-order valence-electron chi connectivity index (χ3n) is 9.88. The molecule has 3 fully saturated rings. The molecule has 20 nitrogen and oxygen atoms in total. The monoisotopic (exact) mass is 843 g/mol. The van der Waals surface area contributed by atoms with Crippen molar-refractivity contribution >= 4 is 41.8 Å². The van der Waals surface area contributed by atoms with Gasteiger partial charge in [-0.2, -0.15) is 0 Å². The standard InChI is InChI=1S/C40H53N5O15/c1-22(46)53-21-31-33(56-23(2)47)34(57-24(3)48)35(58-25(4)49)38(59-31)54-20-28-18-44(43-42-28)17-27-13-14-29-15-16-30(37(51)60-40(5,6)7)45(29)36(50)32(27)41-39(52)55-19-26-11-9-8-10-12-26/h8-12,18,27,29-35,38H,13-17,19-21H2,1-7H3,(H,41,52)/t27?,29?,30-,31+,32?,33+,34-,35+,38+/m0/s1. The molecule has 3 aliphatic heterocycles. The van der Waals surface area contributed by atoms with Crippen LogP contribution in [0.4, 0.5) is 4.79 Å². The van der Waals surface area contributed by atoms with Crippen molar-refractivity contribution in [2.45, 2.75) is 148 Å². The lowest BCUT2D eigenvalue weighted by molar-refractivity contribution is -0.310. The van der Waals surface area contributed by atoms with Crippen molar-refractivity contribution < 1.29 is 71.5 Å². The molecule has 1 N–H and O–H groups in total. The molecule has 0 aliphatic carbocycles. The first-order chi connectivity index (χ1) is 28.4. The first-order valence-electron chi connectivity index (χ1n) is 19.7. The smallest absolute Gasteiger partial charge is 0.408 e. The third-order valence-corrected chi connectivity index (χ3v) is 9.88. The summed E-state index contributed by atoms with van der Waals surface area (Å²) in [5, 5.41) is 11.2. The summed E-state index contributed by atoms with van der Waals surface area (Å²) in [4.78, 5) is 90.8. The molecule has 1 aromatic carbocycles. The predicted molar refractivity (Wildman–Crippen MR) is 203 cm³/mol. The number of alkyl carbamates (subject to hydrolysis) is 1. The quantitative estimate of drug-likeness (QED) is 0.212. The fourth-order valence-electron chi connectivity index (χ4n) is 7.53. The van der Waals surface area contributed by atoms with Gasteiger partial charge in [0.15, 0.2) is 24.6 Å². The summed E-state index contributed by atoms with van der Waals surface area (Å²) in [6, 6.07) is 6.87. The van der Waals surface area contributed by atoms with Gasteiger partial charge in [0.2, 0.25) is 5.91 Å². The predicted octanol–water partition coefficient (Wildman–Crippen LogP) is 2.28. The lowest BCUT2D eigenvalue weighted by Crippen LogP contribution is -2.62. The number of aromatic nitrogens is 3. The van der Waals surface area contributed by atoms with Gasteiger partial charge in [-0.3, -0.25) is 28.7 Å². The lowest BCUT2D eigenvalue weighted by atomic mass is 9.93. The molecular weight excluding hydrogens is 790 g/mol. The van der Waals surface area contributed by atoms with E-state index in [-0.39, 0.29) is 31.5 Å². The van der Waals surface area contributed by atoms with E-state index >= 15 is 0 Å². The van der Waals surface area contributed by atoms with E-state index in [2.05, 4.69) is 15.6 Å². The fourth-order valence-corrected chi connectivity index (χ4v) is 7.53. The highest BCUT2D eigenvalue weighted by atomic mass is 16.7. The van der Waals surface area contributed by atoms with Crippen LogP contribution < -0.4 is 5.32 Å². The van der Waals surface area contributed by atoms with E-state index in [1.54, 1.807) is 44.0 Å². The van der Waals surface area contributed by atoms with Crippen molar-refractivity contribution in [1.82, 2.24) is 25.2 Å². The fraction of sp³-hybridized carbons (Fsp3) is 0.625. The van der Waals surface area contributed by atoms with Crippen LogP contribution in [0.2, 0.25) is 0 Å². The topological polar surface area (TPSA) is 239 Å². The maximum Gasteiger partial charge on any atom is 0.408 e. The number of esters is 5. The number of nitrogens with zero attached hydrogens (tertiary/aromatic N) is 4. The average Bonchev–Trinajstić information content (AvgIpc) is 3.78. The van der Waals surface area contributed by atoms with Crippen molar-refractivity contribution in [2.75, 3.05) is 6.61 Å². The first kappa shape index (κ1) is 45.5. The number of hydrogen-bond acceptors (Lipinski definition) is 17. The van der Waals surface area contributed by atoms with Crippen molar-refractivity contribution in [2.24, 2.45) is 5.92 Å². The maximum atomic E-state index is 14.4. The molecule has 5 rings (SSSR count). The van der Waals surface area contributed by atoms with Crippen molar-refractivity contribution in [3.63, 3.8) is 0 Å². The van der Waals surface area contributed by atoms with Crippen molar-refractivity contribution in [3.8, 4) is 0 Å². The van der Waals surface area contributed by atoms with Gasteiger partial charge in [-0.05, 0) is 52.0 Å². The van der Waals surface area contributed by atoms with Crippen LogP contribution in [0.15, 0.2) is 36.5 Å². The van der Waals surface area contributed by atoms with Gasteiger partial charge in [0, 0.05) is 46.2 Å². The number of ether oxygens (including phenoxy) is 8. The molecule has 60 heavy (non-hydrogen) atoms.